The number of pyridine rings is 1. The number of likely N-dealkylation sites (tertiary alicyclic amines) is 1. The van der Waals surface area contributed by atoms with E-state index in [9.17, 15) is 9.59 Å². The first kappa shape index (κ1) is 16.4. The number of nitrogens with zero attached hydrogens (tertiary/aromatic N) is 2. The quantitative estimate of drug-likeness (QED) is 0.895. The lowest BCUT2D eigenvalue weighted by molar-refractivity contribution is -0.126. The lowest BCUT2D eigenvalue weighted by Crippen LogP contribution is -2.44. The molecule has 1 aliphatic heterocycles. The fourth-order valence-electron chi connectivity index (χ4n) is 2.70. The van der Waals surface area contributed by atoms with Crippen molar-refractivity contribution in [1.29, 1.82) is 0 Å². The van der Waals surface area contributed by atoms with Gasteiger partial charge < -0.3 is 10.2 Å². The van der Waals surface area contributed by atoms with Gasteiger partial charge in [-0.25, -0.2) is 4.79 Å². The van der Waals surface area contributed by atoms with Crippen LogP contribution < -0.4 is 10.6 Å². The van der Waals surface area contributed by atoms with E-state index in [1.807, 2.05) is 35.7 Å². The highest BCUT2D eigenvalue weighted by Crippen LogP contribution is 2.20. The summed E-state index contributed by atoms with van der Waals surface area (Å²) in [5.41, 5.74) is 0.846. The van der Waals surface area contributed by atoms with E-state index >= 15 is 0 Å². The smallest absolute Gasteiger partial charge is 0.322 e. The minimum atomic E-state index is -0.0928. The predicted octanol–water partition coefficient (Wildman–Crippen LogP) is 2.70. The molecule has 0 spiro atoms. The van der Waals surface area contributed by atoms with Crippen LogP contribution >= 0.6 is 11.3 Å². The lowest BCUT2D eigenvalue weighted by atomic mass is 9.96. The van der Waals surface area contributed by atoms with Gasteiger partial charge in [0, 0.05) is 25.2 Å². The standard InChI is InChI=1S/C17H20N4O2S/c22-16(19-12-14-4-1-2-8-18-14)13-6-9-21(10-7-13)17(23)20-15-5-3-11-24-15/h1-5,8,11,13H,6-7,9-10,12H2,(H,19,22)(H,20,23). The molecule has 0 bridgehead atoms. The maximum Gasteiger partial charge on any atom is 0.322 e. The maximum atomic E-state index is 12.2. The summed E-state index contributed by atoms with van der Waals surface area (Å²) in [6.07, 6.45) is 3.09. The summed E-state index contributed by atoms with van der Waals surface area (Å²) < 4.78 is 0. The maximum absolute atomic E-state index is 12.2. The molecular weight excluding hydrogens is 324 g/mol. The van der Waals surface area contributed by atoms with Crippen LogP contribution in [0.3, 0.4) is 0 Å². The highest BCUT2D eigenvalue weighted by molar-refractivity contribution is 7.14. The molecule has 1 aliphatic rings. The number of hydrogen-bond donors (Lipinski definition) is 2. The van der Waals surface area contributed by atoms with Gasteiger partial charge in [0.2, 0.25) is 5.91 Å². The van der Waals surface area contributed by atoms with Crippen molar-refractivity contribution in [2.75, 3.05) is 18.4 Å². The van der Waals surface area contributed by atoms with Gasteiger partial charge in [-0.2, -0.15) is 0 Å². The van der Waals surface area contributed by atoms with E-state index in [0.29, 0.717) is 32.5 Å². The van der Waals surface area contributed by atoms with Crippen molar-refractivity contribution in [3.63, 3.8) is 0 Å². The molecule has 24 heavy (non-hydrogen) atoms. The number of carbonyl (C=O) groups is 2. The van der Waals surface area contributed by atoms with E-state index in [2.05, 4.69) is 15.6 Å². The van der Waals surface area contributed by atoms with Gasteiger partial charge in [-0.15, -0.1) is 11.3 Å². The van der Waals surface area contributed by atoms with Gasteiger partial charge >= 0.3 is 6.03 Å². The van der Waals surface area contributed by atoms with Gasteiger partial charge in [0.05, 0.1) is 17.2 Å². The molecule has 126 valence electrons. The summed E-state index contributed by atoms with van der Waals surface area (Å²) in [5.74, 6) is -0.00142. The molecule has 3 rings (SSSR count). The number of hydrogen-bond acceptors (Lipinski definition) is 4. The molecule has 0 radical (unpaired) electrons. The largest absolute Gasteiger partial charge is 0.350 e. The number of carbonyl (C=O) groups excluding carboxylic acids is 2. The van der Waals surface area contributed by atoms with Crippen LogP contribution in [0.25, 0.3) is 0 Å². The van der Waals surface area contributed by atoms with Crippen LogP contribution in [0.1, 0.15) is 18.5 Å². The van der Waals surface area contributed by atoms with Crippen molar-refractivity contribution in [2.24, 2.45) is 5.92 Å². The third-order valence-corrected chi connectivity index (χ3v) is 4.86. The topological polar surface area (TPSA) is 74.3 Å². The highest BCUT2D eigenvalue weighted by Gasteiger charge is 2.27. The zero-order valence-corrected chi connectivity index (χ0v) is 14.1. The number of amides is 3. The SMILES string of the molecule is O=C(NCc1ccccn1)C1CCN(C(=O)Nc2cccs2)CC1. The third kappa shape index (κ3) is 4.32. The monoisotopic (exact) mass is 344 g/mol. The Morgan fingerprint density at radius 3 is 2.71 bits per heavy atom. The summed E-state index contributed by atoms with van der Waals surface area (Å²) in [7, 11) is 0. The minimum Gasteiger partial charge on any atom is -0.350 e. The van der Waals surface area contributed by atoms with Gasteiger partial charge in [-0.3, -0.25) is 15.1 Å². The zero-order valence-electron chi connectivity index (χ0n) is 13.3. The average molecular weight is 344 g/mol. The van der Waals surface area contributed by atoms with E-state index in [0.717, 1.165) is 10.7 Å². The molecular formula is C17H20N4O2S. The molecule has 2 aromatic heterocycles. The molecule has 2 aromatic rings. The molecule has 1 saturated heterocycles. The van der Waals surface area contributed by atoms with Crippen molar-refractivity contribution in [2.45, 2.75) is 19.4 Å². The fourth-order valence-corrected chi connectivity index (χ4v) is 3.31. The zero-order chi connectivity index (χ0) is 16.8. The first-order valence-corrected chi connectivity index (χ1v) is 8.87. The Kier molecular flexibility index (Phi) is 5.43. The Hall–Kier alpha value is -2.41. The molecule has 0 unspecified atom stereocenters. The average Bonchev–Trinajstić information content (AvgIpc) is 3.13. The van der Waals surface area contributed by atoms with Crippen molar-refractivity contribution in [1.82, 2.24) is 15.2 Å². The number of urea groups is 1. The number of aromatic nitrogens is 1. The van der Waals surface area contributed by atoms with E-state index < -0.39 is 0 Å². The second-order valence-corrected chi connectivity index (χ2v) is 6.66. The van der Waals surface area contributed by atoms with Gasteiger partial charge in [-0.1, -0.05) is 6.07 Å². The van der Waals surface area contributed by atoms with E-state index in [-0.39, 0.29) is 17.9 Å². The Balaban J connectivity index is 1.42. The van der Waals surface area contributed by atoms with Crippen molar-refractivity contribution >= 4 is 28.3 Å². The highest BCUT2D eigenvalue weighted by atomic mass is 32.1. The van der Waals surface area contributed by atoms with Gasteiger partial charge in [0.25, 0.3) is 0 Å². The lowest BCUT2D eigenvalue weighted by Gasteiger charge is -2.31. The van der Waals surface area contributed by atoms with Crippen LogP contribution in [0.4, 0.5) is 9.80 Å². The first-order valence-electron chi connectivity index (χ1n) is 7.99. The summed E-state index contributed by atoms with van der Waals surface area (Å²) in [6.45, 7) is 1.64. The van der Waals surface area contributed by atoms with Gasteiger partial charge in [0.15, 0.2) is 0 Å². The molecule has 6 nitrogen and oxygen atoms in total. The van der Waals surface area contributed by atoms with Crippen LogP contribution in [0, 0.1) is 5.92 Å². The molecule has 0 aliphatic carbocycles. The third-order valence-electron chi connectivity index (χ3n) is 4.07. The van der Waals surface area contributed by atoms with E-state index in [4.69, 9.17) is 0 Å². The second-order valence-electron chi connectivity index (χ2n) is 5.71. The number of rotatable bonds is 4. The summed E-state index contributed by atoms with van der Waals surface area (Å²) in [6, 6.07) is 9.32. The van der Waals surface area contributed by atoms with Crippen molar-refractivity contribution in [3.8, 4) is 0 Å². The van der Waals surface area contributed by atoms with Gasteiger partial charge in [0.1, 0.15) is 0 Å². The molecule has 3 heterocycles. The van der Waals surface area contributed by atoms with Gasteiger partial charge in [-0.05, 0) is 42.5 Å². The Labute approximate surface area is 144 Å². The van der Waals surface area contributed by atoms with E-state index in [1.165, 1.54) is 11.3 Å². The number of nitrogens with one attached hydrogen (secondary N) is 2. The Bertz CT molecular complexity index is 667. The summed E-state index contributed by atoms with van der Waals surface area (Å²) >= 11 is 1.50. The molecule has 1 fully saturated rings. The molecule has 3 amide bonds. The number of piperidine rings is 1. The van der Waals surface area contributed by atoms with Crippen LogP contribution in [0.15, 0.2) is 41.9 Å². The molecule has 7 heteroatoms. The van der Waals surface area contributed by atoms with Crippen LogP contribution in [0.5, 0.6) is 0 Å². The van der Waals surface area contributed by atoms with Crippen LogP contribution in [0.2, 0.25) is 0 Å². The fraction of sp³-hybridized carbons (Fsp3) is 0.353. The predicted molar refractivity (Wildman–Crippen MR) is 93.7 cm³/mol. The normalized spacial score (nSPS) is 15.1. The van der Waals surface area contributed by atoms with Crippen molar-refractivity contribution < 1.29 is 9.59 Å². The van der Waals surface area contributed by atoms with Crippen molar-refractivity contribution in [3.05, 3.63) is 47.6 Å². The number of anilines is 1. The summed E-state index contributed by atoms with van der Waals surface area (Å²) in [4.78, 5) is 30.4. The molecule has 0 atom stereocenters. The first-order chi connectivity index (χ1) is 11.7. The molecule has 0 aromatic carbocycles. The summed E-state index contributed by atoms with van der Waals surface area (Å²) in [5, 5.41) is 8.58. The Morgan fingerprint density at radius 1 is 1.21 bits per heavy atom. The Morgan fingerprint density at radius 2 is 2.04 bits per heavy atom. The van der Waals surface area contributed by atoms with Crippen LogP contribution in [-0.4, -0.2) is 34.9 Å². The molecule has 2 N–H and O–H groups in total. The molecule has 0 saturated carbocycles. The number of thiophene rings is 1. The second kappa shape index (κ2) is 7.92. The minimum absolute atomic E-state index is 0.0407. The van der Waals surface area contributed by atoms with Crippen LogP contribution in [-0.2, 0) is 11.3 Å². The van der Waals surface area contributed by atoms with E-state index in [1.54, 1.807) is 11.1 Å².